The molecule has 1 aliphatic carbocycles. The summed E-state index contributed by atoms with van der Waals surface area (Å²) < 4.78 is 27.6. The molecule has 0 spiro atoms. The average Bonchev–Trinajstić information content (AvgIpc) is 3.15. The highest BCUT2D eigenvalue weighted by atomic mass is 28.4. The second-order valence-corrected chi connectivity index (χ2v) is 16.2. The molecule has 1 aliphatic heterocycles. The second-order valence-electron chi connectivity index (χ2n) is 12.7. The molecule has 0 unspecified atom stereocenters. The predicted molar refractivity (Wildman–Crippen MR) is 135 cm³/mol. The first-order chi connectivity index (χ1) is 15.4. The van der Waals surface area contributed by atoms with Gasteiger partial charge in [-0.1, -0.05) is 62.3 Å². The van der Waals surface area contributed by atoms with Crippen molar-refractivity contribution in [2.45, 2.75) is 91.7 Å². The van der Waals surface area contributed by atoms with Gasteiger partial charge in [-0.15, -0.1) is 0 Å². The number of nitrogens with zero attached hydrogens (tertiary/aromatic N) is 3. The normalized spacial score (nSPS) is 22.5. The van der Waals surface area contributed by atoms with Gasteiger partial charge in [-0.05, 0) is 64.7 Å². The fourth-order valence-electron chi connectivity index (χ4n) is 5.42. The molecule has 5 heteroatoms. The molecule has 2 aliphatic rings. The maximum absolute atomic E-state index is 9.47. The lowest BCUT2D eigenvalue weighted by Crippen LogP contribution is -2.46. The number of hydrogen-bond donors (Lipinski definition) is 0. The summed E-state index contributed by atoms with van der Waals surface area (Å²) in [5.74, 6) is 1.40. The van der Waals surface area contributed by atoms with E-state index < -0.39 is 8.48 Å². The minimum absolute atomic E-state index is 0.0882. The Morgan fingerprint density at radius 3 is 2.12 bits per heavy atom. The second kappa shape index (κ2) is 5.85. The van der Waals surface area contributed by atoms with E-state index in [9.17, 15) is 2.74 Å². The smallest absolute Gasteiger partial charge is 0.361 e. The molecule has 4 nitrogen and oxygen atoms in total. The topological polar surface area (TPSA) is 39.9 Å². The summed E-state index contributed by atoms with van der Waals surface area (Å²) in [7, 11) is -2.57. The number of benzene rings is 1. The van der Waals surface area contributed by atoms with E-state index in [1.807, 2.05) is 12.1 Å². The van der Waals surface area contributed by atoms with Crippen molar-refractivity contribution in [3.8, 4) is 17.3 Å². The molecule has 0 amide bonds. The Hall–Kier alpha value is -2.14. The van der Waals surface area contributed by atoms with Crippen LogP contribution in [-0.4, -0.2) is 22.7 Å². The van der Waals surface area contributed by atoms with Gasteiger partial charge in [-0.25, -0.2) is 9.97 Å². The van der Waals surface area contributed by atoms with E-state index in [4.69, 9.17) is 14.4 Å². The predicted octanol–water partition coefficient (Wildman–Crippen LogP) is 6.93. The molecule has 0 saturated carbocycles. The SMILES string of the molecule is [2H]c1c2c(c([2H])c3c1nc1n3[Si](C)(C)Oc3nc(C(C)(C)C)ccc3-1)C(C)(C)C(C)(C)C2(C)C. The van der Waals surface area contributed by atoms with Crippen LogP contribution in [-0.2, 0) is 16.2 Å². The highest BCUT2D eigenvalue weighted by molar-refractivity contribution is 6.72. The molecule has 0 fully saturated rings. The summed E-state index contributed by atoms with van der Waals surface area (Å²) in [5, 5.41) is 0. The minimum atomic E-state index is -2.57. The molecule has 170 valence electrons. The van der Waals surface area contributed by atoms with Crippen LogP contribution >= 0.6 is 0 Å². The molecule has 1 aromatic carbocycles. The van der Waals surface area contributed by atoms with Crippen LogP contribution in [0, 0.1) is 5.41 Å². The Balaban J connectivity index is 1.90. The molecule has 0 atom stereocenters. The third-order valence-corrected chi connectivity index (χ3v) is 10.9. The van der Waals surface area contributed by atoms with Crippen LogP contribution in [0.5, 0.6) is 5.88 Å². The summed E-state index contributed by atoms with van der Waals surface area (Å²) >= 11 is 0. The van der Waals surface area contributed by atoms with E-state index in [2.05, 4.69) is 79.6 Å². The van der Waals surface area contributed by atoms with Crippen LogP contribution in [0.25, 0.3) is 22.4 Å². The number of imidazole rings is 1. The largest absolute Gasteiger partial charge is 0.511 e. The Morgan fingerprint density at radius 1 is 0.938 bits per heavy atom. The quantitative estimate of drug-likeness (QED) is 0.349. The maximum Gasteiger partial charge on any atom is 0.361 e. The Labute approximate surface area is 196 Å². The number of fused-ring (bicyclic) bond motifs is 6. The molecule has 0 N–H and O–H groups in total. The molecule has 0 radical (unpaired) electrons. The highest BCUT2D eigenvalue weighted by Crippen LogP contribution is 2.62. The summed E-state index contributed by atoms with van der Waals surface area (Å²) in [6.07, 6.45) is 0. The van der Waals surface area contributed by atoms with Crippen LogP contribution < -0.4 is 4.43 Å². The zero-order valence-electron chi connectivity index (χ0n) is 23.4. The Morgan fingerprint density at radius 2 is 1.53 bits per heavy atom. The van der Waals surface area contributed by atoms with E-state index in [-0.39, 0.29) is 21.7 Å². The van der Waals surface area contributed by atoms with Gasteiger partial charge in [0.1, 0.15) is 5.82 Å². The number of rotatable bonds is 0. The van der Waals surface area contributed by atoms with Gasteiger partial charge in [0.05, 0.1) is 19.3 Å². The third kappa shape index (κ3) is 2.49. The zero-order valence-corrected chi connectivity index (χ0v) is 22.4. The van der Waals surface area contributed by atoms with Crippen LogP contribution in [0.15, 0.2) is 24.2 Å². The molecule has 5 rings (SSSR count). The first kappa shape index (κ1) is 19.3. The number of aromatic nitrogens is 3. The van der Waals surface area contributed by atoms with Gasteiger partial charge >= 0.3 is 8.48 Å². The average molecular weight is 450 g/mol. The van der Waals surface area contributed by atoms with Gasteiger partial charge < -0.3 is 8.66 Å². The van der Waals surface area contributed by atoms with Crippen molar-refractivity contribution >= 4 is 19.5 Å². The Kier molecular flexibility index (Phi) is 3.54. The highest BCUT2D eigenvalue weighted by Gasteiger charge is 2.57. The minimum Gasteiger partial charge on any atom is -0.511 e. The van der Waals surface area contributed by atoms with Gasteiger partial charge in [0.2, 0.25) is 5.88 Å². The van der Waals surface area contributed by atoms with Gasteiger partial charge in [-0.2, -0.15) is 0 Å². The van der Waals surface area contributed by atoms with E-state index in [0.29, 0.717) is 23.5 Å². The molecule has 2 aromatic heterocycles. The molecule has 3 aromatic rings. The number of pyridine rings is 1. The van der Waals surface area contributed by atoms with Crippen LogP contribution in [0.1, 0.15) is 81.9 Å². The van der Waals surface area contributed by atoms with Crippen molar-refractivity contribution < 1.29 is 7.17 Å². The summed E-state index contributed by atoms with van der Waals surface area (Å²) in [4.78, 5) is 9.94. The van der Waals surface area contributed by atoms with Gasteiger partial charge in [0.25, 0.3) is 0 Å². The van der Waals surface area contributed by atoms with E-state index in [1.54, 1.807) is 0 Å². The zero-order chi connectivity index (χ0) is 25.4. The monoisotopic (exact) mass is 449 g/mol. The van der Waals surface area contributed by atoms with Crippen LogP contribution in [0.2, 0.25) is 13.1 Å². The van der Waals surface area contributed by atoms with Crippen molar-refractivity contribution in [2.75, 3.05) is 0 Å². The lowest BCUT2D eigenvalue weighted by molar-refractivity contribution is 0.125. The lowest BCUT2D eigenvalue weighted by atomic mass is 9.59. The fourth-order valence-corrected chi connectivity index (χ4v) is 7.52. The first-order valence-electron chi connectivity index (χ1n) is 12.6. The van der Waals surface area contributed by atoms with Crippen molar-refractivity contribution in [2.24, 2.45) is 5.41 Å². The summed E-state index contributed by atoms with van der Waals surface area (Å²) in [6, 6.07) is 5.04. The van der Waals surface area contributed by atoms with Crippen molar-refractivity contribution in [3.63, 3.8) is 0 Å². The third-order valence-electron chi connectivity index (χ3n) is 8.74. The molecule has 32 heavy (non-hydrogen) atoms. The summed E-state index contributed by atoms with van der Waals surface area (Å²) in [6.45, 7) is 24.1. The number of hydrogen-bond acceptors (Lipinski definition) is 3. The van der Waals surface area contributed by atoms with E-state index >= 15 is 0 Å². The van der Waals surface area contributed by atoms with E-state index in [0.717, 1.165) is 33.7 Å². The van der Waals surface area contributed by atoms with E-state index in [1.165, 1.54) is 0 Å². The van der Waals surface area contributed by atoms with Crippen molar-refractivity contribution in [3.05, 3.63) is 41.0 Å². The standard InChI is InChI=1S/C27H37N3OSi/c1-24(2,3)21-13-12-16-22-28-19-14-17-18(26(6,7)27(8,9)25(17,4)5)15-20(19)30(22)32(10,11)31-23(16)29-21/h12-15H,1-11H3/i14D,15D. The molecular formula is C27H37N3OSi. The molecule has 0 bridgehead atoms. The molecule has 0 saturated heterocycles. The van der Waals surface area contributed by atoms with Gasteiger partial charge in [0, 0.05) is 11.1 Å². The van der Waals surface area contributed by atoms with Crippen molar-refractivity contribution in [1.82, 2.24) is 14.2 Å². The summed E-state index contributed by atoms with van der Waals surface area (Å²) in [5.41, 5.74) is 4.38. The molecular weight excluding hydrogens is 410 g/mol. The molecule has 3 heterocycles. The lowest BCUT2D eigenvalue weighted by Gasteiger charge is -2.44. The fraction of sp³-hybridized carbons (Fsp3) is 0.556. The van der Waals surface area contributed by atoms with Crippen molar-refractivity contribution in [1.29, 1.82) is 0 Å². The van der Waals surface area contributed by atoms with Crippen LogP contribution in [0.3, 0.4) is 0 Å². The van der Waals surface area contributed by atoms with Crippen LogP contribution in [0.4, 0.5) is 0 Å². The van der Waals surface area contributed by atoms with Gasteiger partial charge in [-0.3, -0.25) is 0 Å². The maximum atomic E-state index is 9.47. The Bertz CT molecular complexity index is 1390. The van der Waals surface area contributed by atoms with Gasteiger partial charge in [0.15, 0.2) is 0 Å². The first-order valence-corrected chi connectivity index (χ1v) is 14.5.